The third kappa shape index (κ3) is 5.97. The van der Waals surface area contributed by atoms with Crippen LogP contribution in [0.5, 0.6) is 0 Å². The van der Waals surface area contributed by atoms with Gasteiger partial charge in [0.2, 0.25) is 0 Å². The molecule has 2 aromatic heterocycles. The molecule has 0 atom stereocenters. The molecule has 0 unspecified atom stereocenters. The van der Waals surface area contributed by atoms with Crippen LogP contribution in [0, 0.1) is 0 Å². The highest BCUT2D eigenvalue weighted by molar-refractivity contribution is 6.13. The second-order valence-electron chi connectivity index (χ2n) is 14.8. The molecule has 11 rings (SSSR count). The first-order valence-electron chi connectivity index (χ1n) is 19.8. The third-order valence-corrected chi connectivity index (χ3v) is 11.4. The van der Waals surface area contributed by atoms with Crippen LogP contribution in [0.2, 0.25) is 0 Å². The molecule has 8 aromatic carbocycles. The van der Waals surface area contributed by atoms with Crippen molar-refractivity contribution in [3.63, 3.8) is 0 Å². The molecule has 1 aliphatic rings. The summed E-state index contributed by atoms with van der Waals surface area (Å²) in [6.45, 7) is 4.65. The Morgan fingerprint density at radius 1 is 0.424 bits per heavy atom. The molecule has 278 valence electrons. The van der Waals surface area contributed by atoms with Crippen LogP contribution < -0.4 is 4.90 Å². The molecule has 6 heteroatoms. The summed E-state index contributed by atoms with van der Waals surface area (Å²) in [5, 5.41) is 2.44. The van der Waals surface area contributed by atoms with Crippen molar-refractivity contribution >= 4 is 45.6 Å². The SMILES string of the molecule is C=Nc1ccccc1N1Cc2ccccc2-c2cc3c4ccccc4n(-c4ccc(-c5ccc(-c6nc(-c7ccccc7)nc(-c7ccccc7)n6)cc5)cc4)c3cc21. The summed E-state index contributed by atoms with van der Waals surface area (Å²) in [5.74, 6) is 1.94. The third-order valence-electron chi connectivity index (χ3n) is 11.4. The Bertz CT molecular complexity index is 3130. The van der Waals surface area contributed by atoms with Crippen LogP contribution in [-0.4, -0.2) is 26.2 Å². The highest BCUT2D eigenvalue weighted by atomic mass is 15.2. The lowest BCUT2D eigenvalue weighted by molar-refractivity contribution is 0.961. The second kappa shape index (κ2) is 14.2. The van der Waals surface area contributed by atoms with Crippen molar-refractivity contribution in [3.05, 3.63) is 200 Å². The van der Waals surface area contributed by atoms with Crippen LogP contribution in [0.25, 0.3) is 83.9 Å². The maximum atomic E-state index is 4.92. The van der Waals surface area contributed by atoms with E-state index in [2.05, 4.69) is 143 Å². The van der Waals surface area contributed by atoms with Crippen molar-refractivity contribution in [3.8, 4) is 62.1 Å². The van der Waals surface area contributed by atoms with E-state index in [-0.39, 0.29) is 0 Å². The van der Waals surface area contributed by atoms with E-state index in [4.69, 9.17) is 15.0 Å². The van der Waals surface area contributed by atoms with E-state index in [0.717, 1.165) is 68.1 Å². The number of aliphatic imine (C=N–C) groups is 1. The Balaban J connectivity index is 0.985. The molecule has 6 nitrogen and oxygen atoms in total. The Labute approximate surface area is 342 Å². The first kappa shape index (κ1) is 34.3. The summed E-state index contributed by atoms with van der Waals surface area (Å²) < 4.78 is 2.39. The fraction of sp³-hybridized carbons (Fsp3) is 0.0189. The molecule has 0 fully saturated rings. The zero-order valence-corrected chi connectivity index (χ0v) is 32.1. The average Bonchev–Trinajstić information content (AvgIpc) is 3.64. The maximum absolute atomic E-state index is 4.92. The normalized spacial score (nSPS) is 12.0. The Morgan fingerprint density at radius 2 is 0.966 bits per heavy atom. The lowest BCUT2D eigenvalue weighted by Gasteiger charge is -2.34. The van der Waals surface area contributed by atoms with Gasteiger partial charge in [-0.25, -0.2) is 15.0 Å². The Hall–Kier alpha value is -7.96. The topological polar surface area (TPSA) is 59.2 Å². The van der Waals surface area contributed by atoms with E-state index >= 15 is 0 Å². The van der Waals surface area contributed by atoms with E-state index in [1.807, 2.05) is 72.8 Å². The minimum absolute atomic E-state index is 0.638. The molecule has 0 saturated heterocycles. The first-order valence-corrected chi connectivity index (χ1v) is 19.8. The quantitative estimate of drug-likeness (QED) is 0.152. The zero-order chi connectivity index (χ0) is 39.3. The van der Waals surface area contributed by atoms with Gasteiger partial charge < -0.3 is 9.47 Å². The number of hydrogen-bond donors (Lipinski definition) is 0. The van der Waals surface area contributed by atoms with Crippen LogP contribution in [0.4, 0.5) is 17.1 Å². The zero-order valence-electron chi connectivity index (χ0n) is 32.1. The van der Waals surface area contributed by atoms with Gasteiger partial charge in [0, 0.05) is 45.3 Å². The molecule has 0 spiro atoms. The maximum Gasteiger partial charge on any atom is 0.164 e. The van der Waals surface area contributed by atoms with Gasteiger partial charge in [-0.15, -0.1) is 0 Å². The highest BCUT2D eigenvalue weighted by Gasteiger charge is 2.27. The number of fused-ring (bicyclic) bond motifs is 6. The van der Waals surface area contributed by atoms with Crippen LogP contribution in [0.3, 0.4) is 0 Å². The molecule has 0 saturated carbocycles. The van der Waals surface area contributed by atoms with Gasteiger partial charge in [-0.2, -0.15) is 0 Å². The molecule has 0 aliphatic carbocycles. The lowest BCUT2D eigenvalue weighted by atomic mass is 9.91. The van der Waals surface area contributed by atoms with Gasteiger partial charge in [0.05, 0.1) is 28.1 Å². The van der Waals surface area contributed by atoms with E-state index in [0.29, 0.717) is 17.5 Å². The van der Waals surface area contributed by atoms with Crippen molar-refractivity contribution in [1.82, 2.24) is 19.5 Å². The number of para-hydroxylation sites is 3. The highest BCUT2D eigenvalue weighted by Crippen LogP contribution is 2.48. The van der Waals surface area contributed by atoms with E-state index in [9.17, 15) is 0 Å². The second-order valence-corrected chi connectivity index (χ2v) is 14.8. The number of nitrogens with zero attached hydrogens (tertiary/aromatic N) is 6. The lowest BCUT2D eigenvalue weighted by Crippen LogP contribution is -2.21. The fourth-order valence-corrected chi connectivity index (χ4v) is 8.49. The largest absolute Gasteiger partial charge is 0.335 e. The molecular weight excluding hydrogens is 721 g/mol. The first-order chi connectivity index (χ1) is 29.2. The van der Waals surface area contributed by atoms with E-state index in [1.165, 1.54) is 27.5 Å². The van der Waals surface area contributed by atoms with Gasteiger partial charge in [0.25, 0.3) is 0 Å². The van der Waals surface area contributed by atoms with E-state index in [1.54, 1.807) is 0 Å². The van der Waals surface area contributed by atoms with Crippen LogP contribution in [-0.2, 0) is 6.54 Å². The number of aromatic nitrogens is 4. The van der Waals surface area contributed by atoms with Crippen LogP contribution >= 0.6 is 0 Å². The van der Waals surface area contributed by atoms with Crippen molar-refractivity contribution in [2.75, 3.05) is 4.90 Å². The molecular formula is C53H36N6. The number of hydrogen-bond acceptors (Lipinski definition) is 5. The smallest absolute Gasteiger partial charge is 0.164 e. The predicted molar refractivity (Wildman–Crippen MR) is 243 cm³/mol. The Morgan fingerprint density at radius 3 is 1.64 bits per heavy atom. The molecule has 59 heavy (non-hydrogen) atoms. The summed E-state index contributed by atoms with van der Waals surface area (Å²) in [6, 6.07) is 68.0. The molecule has 0 radical (unpaired) electrons. The van der Waals surface area contributed by atoms with Crippen molar-refractivity contribution < 1.29 is 0 Å². The fourth-order valence-electron chi connectivity index (χ4n) is 8.49. The van der Waals surface area contributed by atoms with Gasteiger partial charge in [-0.3, -0.25) is 4.99 Å². The minimum atomic E-state index is 0.638. The van der Waals surface area contributed by atoms with Crippen molar-refractivity contribution in [2.45, 2.75) is 6.54 Å². The monoisotopic (exact) mass is 756 g/mol. The Kier molecular flexibility index (Phi) is 8.26. The standard InChI is InChI=1S/C53H36N6/c1-54-46-21-11-13-23-48(46)58-34-40-18-8-9-19-42(40)44-32-45-43-20-10-12-22-47(43)59(50(45)33-49(44)58)41-30-28-36(29-31-41)35-24-26-39(27-25-35)53-56-51(37-14-4-2-5-15-37)55-52(57-53)38-16-6-3-7-17-38/h2-33H,1,34H2. The molecule has 1 aliphatic heterocycles. The minimum Gasteiger partial charge on any atom is -0.335 e. The van der Waals surface area contributed by atoms with E-state index < -0.39 is 0 Å². The van der Waals surface area contributed by atoms with Gasteiger partial charge in [0.15, 0.2) is 17.5 Å². The molecule has 0 N–H and O–H groups in total. The number of anilines is 2. The van der Waals surface area contributed by atoms with Gasteiger partial charge in [-0.05, 0) is 71.4 Å². The van der Waals surface area contributed by atoms with Crippen molar-refractivity contribution in [2.24, 2.45) is 4.99 Å². The van der Waals surface area contributed by atoms with Gasteiger partial charge in [-0.1, -0.05) is 152 Å². The predicted octanol–water partition coefficient (Wildman–Crippen LogP) is 13.3. The summed E-state index contributed by atoms with van der Waals surface area (Å²) >= 11 is 0. The number of benzene rings is 8. The molecule has 3 heterocycles. The average molecular weight is 757 g/mol. The van der Waals surface area contributed by atoms with Crippen molar-refractivity contribution in [1.29, 1.82) is 0 Å². The van der Waals surface area contributed by atoms with Crippen LogP contribution in [0.15, 0.2) is 199 Å². The summed E-state index contributed by atoms with van der Waals surface area (Å²) in [5.41, 5.74) is 15.3. The number of rotatable bonds is 7. The summed E-state index contributed by atoms with van der Waals surface area (Å²) in [7, 11) is 0. The van der Waals surface area contributed by atoms with Gasteiger partial charge in [0.1, 0.15) is 0 Å². The molecule has 10 aromatic rings. The van der Waals surface area contributed by atoms with Crippen LogP contribution in [0.1, 0.15) is 5.56 Å². The summed E-state index contributed by atoms with van der Waals surface area (Å²) in [4.78, 5) is 21.5. The molecule has 0 bridgehead atoms. The summed E-state index contributed by atoms with van der Waals surface area (Å²) in [6.07, 6.45) is 0. The van der Waals surface area contributed by atoms with Gasteiger partial charge >= 0.3 is 0 Å². The molecule has 0 amide bonds.